The second-order valence-corrected chi connectivity index (χ2v) is 13.0. The summed E-state index contributed by atoms with van der Waals surface area (Å²) in [5.41, 5.74) is 5.22. The molecule has 3 aromatic heterocycles. The van der Waals surface area contributed by atoms with E-state index in [1.165, 1.54) is 32.3 Å². The van der Waals surface area contributed by atoms with Crippen LogP contribution in [0.15, 0.2) is 52.2 Å². The number of nitrogens with one attached hydrogen (secondary N) is 2. The number of hydrogen-bond acceptors (Lipinski definition) is 12. The minimum Gasteiger partial charge on any atom is -0.399 e. The molecule has 0 unspecified atom stereocenters. The first-order valence-corrected chi connectivity index (χ1v) is 15.1. The fourth-order valence-electron chi connectivity index (χ4n) is 5.76. The fraction of sp³-hybridized carbons (Fsp3) is 0.400. The number of rotatable bonds is 6. The summed E-state index contributed by atoms with van der Waals surface area (Å²) in [5, 5.41) is 20.5. The second kappa shape index (κ2) is 13.1. The number of hydrogen-bond donors (Lipinski definition) is 3. The van der Waals surface area contributed by atoms with Crippen molar-refractivity contribution in [2.75, 3.05) is 23.4 Å². The molecule has 0 saturated carbocycles. The third kappa shape index (κ3) is 7.61. The van der Waals surface area contributed by atoms with E-state index in [0.717, 1.165) is 56.0 Å². The van der Waals surface area contributed by atoms with Crippen LogP contribution in [0.25, 0.3) is 11.4 Å². The Hall–Kier alpha value is -5.59. The number of piperidine rings is 1. The predicted octanol–water partition coefficient (Wildman–Crippen LogP) is 2.53. The average Bonchev–Trinajstić information content (AvgIpc) is 3.52. The zero-order valence-corrected chi connectivity index (χ0v) is 28.0. The lowest BCUT2D eigenvalue weighted by atomic mass is 9.77. The molecular weight excluding hydrogens is 645 g/mol. The van der Waals surface area contributed by atoms with Gasteiger partial charge in [0.1, 0.15) is 11.6 Å². The Bertz CT molecular complexity index is 2060. The number of tetrazole rings is 2. The highest BCUT2D eigenvalue weighted by molar-refractivity contribution is 5.59. The highest BCUT2D eigenvalue weighted by Crippen LogP contribution is 2.38. The van der Waals surface area contributed by atoms with Gasteiger partial charge in [-0.1, -0.05) is 0 Å². The van der Waals surface area contributed by atoms with E-state index in [4.69, 9.17) is 5.73 Å². The van der Waals surface area contributed by atoms with Crippen LogP contribution < -0.4 is 27.7 Å². The van der Waals surface area contributed by atoms with Gasteiger partial charge in [-0.3, -0.25) is 4.90 Å². The summed E-state index contributed by atoms with van der Waals surface area (Å²) in [4.78, 5) is 34.1. The van der Waals surface area contributed by atoms with Gasteiger partial charge < -0.3 is 16.4 Å². The van der Waals surface area contributed by atoms with Crippen LogP contribution in [0, 0.1) is 17.5 Å². The summed E-state index contributed by atoms with van der Waals surface area (Å²) in [5.74, 6) is -1.55. The number of halogens is 3. The number of aryl methyl sites for hydroxylation is 2. The first-order valence-electron chi connectivity index (χ1n) is 15.1. The van der Waals surface area contributed by atoms with E-state index in [1.54, 1.807) is 0 Å². The van der Waals surface area contributed by atoms with Crippen LogP contribution in [0.3, 0.4) is 0 Å². The Balaban J connectivity index is 0.000000259. The molecule has 1 saturated heterocycles. The van der Waals surface area contributed by atoms with Gasteiger partial charge >= 0.3 is 11.4 Å². The summed E-state index contributed by atoms with van der Waals surface area (Å²) in [7, 11) is 5.00. The number of likely N-dealkylation sites (tertiary alicyclic amines) is 1. The van der Waals surface area contributed by atoms with Gasteiger partial charge in [0.05, 0.1) is 17.6 Å². The summed E-state index contributed by atoms with van der Waals surface area (Å²) in [6.45, 7) is 8.65. The second-order valence-electron chi connectivity index (χ2n) is 13.0. The van der Waals surface area contributed by atoms with Gasteiger partial charge in [-0.15, -0.1) is 0 Å². The van der Waals surface area contributed by atoms with Crippen LogP contribution in [-0.2, 0) is 14.1 Å². The van der Waals surface area contributed by atoms with Crippen LogP contribution in [0.2, 0.25) is 0 Å². The Morgan fingerprint density at radius 2 is 1.31 bits per heavy atom. The Morgan fingerprint density at radius 1 is 0.776 bits per heavy atom. The quantitative estimate of drug-likeness (QED) is 0.223. The van der Waals surface area contributed by atoms with Crippen LogP contribution in [-0.4, -0.2) is 78.6 Å². The molecule has 16 nitrogen and oxygen atoms in total. The number of nitrogens with two attached hydrogens (primary N) is 1. The van der Waals surface area contributed by atoms with Gasteiger partial charge in [0, 0.05) is 42.6 Å². The Morgan fingerprint density at radius 3 is 1.82 bits per heavy atom. The van der Waals surface area contributed by atoms with Crippen LogP contribution in [0.1, 0.15) is 40.5 Å². The summed E-state index contributed by atoms with van der Waals surface area (Å²) < 4.78 is 45.9. The molecule has 1 fully saturated rings. The molecule has 0 aliphatic carbocycles. The number of nitrogens with zero attached hydrogens (tertiary/aromatic N) is 11. The van der Waals surface area contributed by atoms with Gasteiger partial charge in [0.2, 0.25) is 5.95 Å². The third-order valence-corrected chi connectivity index (χ3v) is 8.37. The van der Waals surface area contributed by atoms with Crippen molar-refractivity contribution in [3.05, 3.63) is 81.0 Å². The molecule has 6 rings (SSSR count). The van der Waals surface area contributed by atoms with Gasteiger partial charge in [-0.25, -0.2) is 27.7 Å². The maximum absolute atomic E-state index is 14.6. The molecule has 4 N–H and O–H groups in total. The maximum Gasteiger partial charge on any atom is 0.368 e. The molecule has 260 valence electrons. The molecule has 0 spiro atoms. The minimum atomic E-state index is -0.603. The molecule has 0 bridgehead atoms. The van der Waals surface area contributed by atoms with Gasteiger partial charge in [0.15, 0.2) is 11.6 Å². The molecule has 0 amide bonds. The molecule has 0 radical (unpaired) electrons. The number of anilines is 4. The SMILES string of the molecule is CN1C(C)(C)CC(Nc2nc(Nc3cc(F)cc(-n4nnn(C)c4=O)c3)ncc2F)CC1(C)C.Cn1nnn(-c2cc(N)cc(F)c2)c1=O. The van der Waals surface area contributed by atoms with Crippen LogP contribution in [0.5, 0.6) is 0 Å². The maximum atomic E-state index is 14.6. The zero-order chi connectivity index (χ0) is 35.8. The van der Waals surface area contributed by atoms with Crippen LogP contribution >= 0.6 is 0 Å². The first kappa shape index (κ1) is 34.7. The Labute approximate surface area is 278 Å². The van der Waals surface area contributed by atoms with E-state index >= 15 is 0 Å². The van der Waals surface area contributed by atoms with Crippen molar-refractivity contribution in [2.45, 2.75) is 57.7 Å². The monoisotopic (exact) mass is 682 g/mol. The molecule has 1 aliphatic heterocycles. The van der Waals surface area contributed by atoms with Crippen molar-refractivity contribution < 1.29 is 13.2 Å². The van der Waals surface area contributed by atoms with Crippen molar-refractivity contribution >= 4 is 23.1 Å². The highest BCUT2D eigenvalue weighted by Gasteiger charge is 2.43. The van der Waals surface area contributed by atoms with E-state index in [0.29, 0.717) is 0 Å². The number of aromatic nitrogens is 10. The molecule has 2 aromatic carbocycles. The van der Waals surface area contributed by atoms with Crippen molar-refractivity contribution in [2.24, 2.45) is 14.1 Å². The van der Waals surface area contributed by atoms with Crippen molar-refractivity contribution in [1.29, 1.82) is 0 Å². The lowest BCUT2D eigenvalue weighted by Crippen LogP contribution is -2.61. The molecule has 1 aliphatic rings. The molecule has 19 heteroatoms. The van der Waals surface area contributed by atoms with Crippen LogP contribution in [0.4, 0.5) is 36.3 Å². The van der Waals surface area contributed by atoms with Crippen molar-refractivity contribution in [1.82, 2.24) is 54.4 Å². The average molecular weight is 683 g/mol. The van der Waals surface area contributed by atoms with Gasteiger partial charge in [-0.2, -0.15) is 23.7 Å². The largest absolute Gasteiger partial charge is 0.399 e. The molecule has 49 heavy (non-hydrogen) atoms. The van der Waals surface area contributed by atoms with Gasteiger partial charge in [0.25, 0.3) is 0 Å². The first-order chi connectivity index (χ1) is 22.9. The molecule has 0 atom stereocenters. The minimum absolute atomic E-state index is 0.00255. The number of nitrogen functional groups attached to an aromatic ring is 1. The van der Waals surface area contributed by atoms with E-state index < -0.39 is 28.8 Å². The molecule has 5 aromatic rings. The van der Waals surface area contributed by atoms with E-state index in [2.05, 4.69) is 81.1 Å². The summed E-state index contributed by atoms with van der Waals surface area (Å²) >= 11 is 0. The van der Waals surface area contributed by atoms with E-state index in [-0.39, 0.29) is 51.6 Å². The smallest absolute Gasteiger partial charge is 0.368 e. The van der Waals surface area contributed by atoms with Gasteiger partial charge in [-0.05, 0) is 105 Å². The fourth-order valence-corrected chi connectivity index (χ4v) is 5.76. The zero-order valence-electron chi connectivity index (χ0n) is 28.0. The topological polar surface area (TPSA) is 185 Å². The van der Waals surface area contributed by atoms with Crippen molar-refractivity contribution in [3.63, 3.8) is 0 Å². The standard InChI is InChI=1S/C22H29F2N9O.C8H8FN5O/c1-21(2)10-15(11-22(3,4)32(21)6)26-18-17(24)12-25-19(28-18)27-14-7-13(23)8-16(9-14)33-20(34)31(5)29-30-33;1-13-8(15)14(12-11-13)7-3-5(9)2-6(10)4-7/h7-9,12,15H,10-11H2,1-6H3,(H2,25,26,27,28);2-4H,10H2,1H3. The van der Waals surface area contributed by atoms with E-state index in [1.807, 2.05) is 0 Å². The predicted molar refractivity (Wildman–Crippen MR) is 175 cm³/mol. The lowest BCUT2D eigenvalue weighted by molar-refractivity contribution is -0.00778. The number of benzene rings is 2. The third-order valence-electron chi connectivity index (χ3n) is 8.37. The highest BCUT2D eigenvalue weighted by atomic mass is 19.1. The Kier molecular flexibility index (Phi) is 9.31. The normalized spacial score (nSPS) is 15.8. The van der Waals surface area contributed by atoms with Crippen molar-refractivity contribution in [3.8, 4) is 11.4 Å². The molecular formula is C30H37F3N14O2. The lowest BCUT2D eigenvalue weighted by Gasteiger charge is -2.53. The van der Waals surface area contributed by atoms with E-state index in [9.17, 15) is 22.8 Å². The summed E-state index contributed by atoms with van der Waals surface area (Å²) in [6, 6.07) is 7.64. The summed E-state index contributed by atoms with van der Waals surface area (Å²) in [6.07, 6.45) is 2.68. The molecule has 4 heterocycles.